The van der Waals surface area contributed by atoms with Crippen molar-refractivity contribution in [2.24, 2.45) is 0 Å². The standard InChI is InChI=1S/C11H14BrClO3S/c1-2-17(14,15)7-6-16-11-5-3-4-10(13)9(11)8-12/h3-5H,2,6-8H2,1H3. The molecule has 0 unspecified atom stereocenters. The Morgan fingerprint density at radius 3 is 2.71 bits per heavy atom. The maximum atomic E-state index is 11.3. The third-order valence-corrected chi connectivity index (χ3v) is 4.88. The fraction of sp³-hybridized carbons (Fsp3) is 0.455. The van der Waals surface area contributed by atoms with Crippen LogP contribution in [-0.2, 0) is 15.2 Å². The van der Waals surface area contributed by atoms with Crippen LogP contribution < -0.4 is 4.74 Å². The van der Waals surface area contributed by atoms with E-state index in [-0.39, 0.29) is 18.1 Å². The number of alkyl halides is 1. The molecule has 0 aliphatic rings. The van der Waals surface area contributed by atoms with Crippen molar-refractivity contribution in [1.29, 1.82) is 0 Å². The van der Waals surface area contributed by atoms with Crippen molar-refractivity contribution < 1.29 is 13.2 Å². The molecular weight excluding hydrogens is 328 g/mol. The highest BCUT2D eigenvalue weighted by Gasteiger charge is 2.10. The second-order valence-corrected chi connectivity index (χ2v) is 6.88. The molecule has 1 aromatic carbocycles. The van der Waals surface area contributed by atoms with Crippen molar-refractivity contribution in [3.63, 3.8) is 0 Å². The minimum absolute atomic E-state index is 0.0255. The highest BCUT2D eigenvalue weighted by Crippen LogP contribution is 2.28. The van der Waals surface area contributed by atoms with Crippen LogP contribution in [0.25, 0.3) is 0 Å². The van der Waals surface area contributed by atoms with Gasteiger partial charge in [-0.1, -0.05) is 40.5 Å². The van der Waals surface area contributed by atoms with Crippen molar-refractivity contribution in [2.75, 3.05) is 18.1 Å². The number of halogens is 2. The van der Waals surface area contributed by atoms with E-state index in [0.717, 1.165) is 5.56 Å². The van der Waals surface area contributed by atoms with Gasteiger partial charge in [-0.05, 0) is 12.1 Å². The lowest BCUT2D eigenvalue weighted by molar-refractivity contribution is 0.338. The van der Waals surface area contributed by atoms with E-state index < -0.39 is 9.84 Å². The van der Waals surface area contributed by atoms with E-state index in [1.54, 1.807) is 25.1 Å². The number of ether oxygens (including phenoxy) is 1. The van der Waals surface area contributed by atoms with Crippen LogP contribution in [0.5, 0.6) is 5.75 Å². The van der Waals surface area contributed by atoms with E-state index in [4.69, 9.17) is 16.3 Å². The molecule has 3 nitrogen and oxygen atoms in total. The third-order valence-electron chi connectivity index (χ3n) is 2.30. The molecular formula is C11H14BrClO3S. The lowest BCUT2D eigenvalue weighted by Crippen LogP contribution is -2.16. The lowest BCUT2D eigenvalue weighted by Gasteiger charge is -2.11. The fourth-order valence-corrected chi connectivity index (χ4v) is 2.83. The summed E-state index contributed by atoms with van der Waals surface area (Å²) in [5, 5.41) is 1.18. The topological polar surface area (TPSA) is 43.4 Å². The zero-order valence-electron chi connectivity index (χ0n) is 9.45. The van der Waals surface area contributed by atoms with Gasteiger partial charge < -0.3 is 4.74 Å². The summed E-state index contributed by atoms with van der Waals surface area (Å²) in [5.41, 5.74) is 0.836. The molecule has 0 radical (unpaired) electrons. The first-order valence-corrected chi connectivity index (χ1v) is 8.49. The number of rotatable bonds is 6. The first-order chi connectivity index (χ1) is 8.00. The Morgan fingerprint density at radius 2 is 2.12 bits per heavy atom. The van der Waals surface area contributed by atoms with Crippen LogP contribution in [0.2, 0.25) is 5.02 Å². The second-order valence-electron chi connectivity index (χ2n) is 3.43. The van der Waals surface area contributed by atoms with E-state index in [2.05, 4.69) is 15.9 Å². The molecule has 0 atom stereocenters. The van der Waals surface area contributed by atoms with Gasteiger partial charge in [0.05, 0.1) is 5.75 Å². The highest BCUT2D eigenvalue weighted by atomic mass is 79.9. The van der Waals surface area contributed by atoms with Gasteiger partial charge in [0.1, 0.15) is 12.4 Å². The van der Waals surface area contributed by atoms with Crippen LogP contribution >= 0.6 is 27.5 Å². The summed E-state index contributed by atoms with van der Waals surface area (Å²) in [5.74, 6) is 0.787. The van der Waals surface area contributed by atoms with Gasteiger partial charge in [-0.3, -0.25) is 0 Å². The van der Waals surface area contributed by atoms with Crippen LogP contribution in [0.15, 0.2) is 18.2 Å². The molecule has 0 heterocycles. The lowest BCUT2D eigenvalue weighted by atomic mass is 10.2. The van der Waals surface area contributed by atoms with E-state index in [1.807, 2.05) is 0 Å². The molecule has 0 N–H and O–H groups in total. The van der Waals surface area contributed by atoms with Gasteiger partial charge >= 0.3 is 0 Å². The number of benzene rings is 1. The van der Waals surface area contributed by atoms with Gasteiger partial charge in [-0.15, -0.1) is 0 Å². The van der Waals surface area contributed by atoms with Gasteiger partial charge in [0.15, 0.2) is 9.84 Å². The molecule has 0 aromatic heterocycles. The maximum Gasteiger partial charge on any atom is 0.153 e. The van der Waals surface area contributed by atoms with Crippen molar-refractivity contribution in [3.05, 3.63) is 28.8 Å². The Bertz CT molecular complexity index is 474. The van der Waals surface area contributed by atoms with Gasteiger partial charge in [0, 0.05) is 21.7 Å². The SMILES string of the molecule is CCS(=O)(=O)CCOc1cccc(Cl)c1CBr. The molecule has 0 aliphatic carbocycles. The first kappa shape index (κ1) is 14.8. The highest BCUT2D eigenvalue weighted by molar-refractivity contribution is 9.08. The second kappa shape index (κ2) is 6.61. The molecule has 0 aliphatic heterocycles. The maximum absolute atomic E-state index is 11.3. The summed E-state index contributed by atoms with van der Waals surface area (Å²) in [6.07, 6.45) is 0. The Hall–Kier alpha value is -0.260. The van der Waals surface area contributed by atoms with Gasteiger partial charge in [0.2, 0.25) is 0 Å². The predicted octanol–water partition coefficient (Wildman–Crippen LogP) is 3.05. The van der Waals surface area contributed by atoms with E-state index in [1.165, 1.54) is 0 Å². The first-order valence-electron chi connectivity index (χ1n) is 5.16. The molecule has 0 saturated heterocycles. The molecule has 0 saturated carbocycles. The van der Waals surface area contributed by atoms with Crippen molar-refractivity contribution >= 4 is 37.4 Å². The van der Waals surface area contributed by atoms with Crippen molar-refractivity contribution in [1.82, 2.24) is 0 Å². The average molecular weight is 342 g/mol. The molecule has 0 fully saturated rings. The summed E-state index contributed by atoms with van der Waals surface area (Å²) in [4.78, 5) is 0. The minimum Gasteiger partial charge on any atom is -0.492 e. The summed E-state index contributed by atoms with van der Waals surface area (Å²) in [7, 11) is -2.99. The summed E-state index contributed by atoms with van der Waals surface area (Å²) in [6.45, 7) is 1.77. The monoisotopic (exact) mass is 340 g/mol. The number of sulfone groups is 1. The van der Waals surface area contributed by atoms with Crippen LogP contribution in [0.3, 0.4) is 0 Å². The van der Waals surface area contributed by atoms with Crippen LogP contribution in [0, 0.1) is 0 Å². The molecule has 1 aromatic rings. The van der Waals surface area contributed by atoms with Crippen LogP contribution in [0.4, 0.5) is 0 Å². The third kappa shape index (κ3) is 4.48. The molecule has 96 valence electrons. The Morgan fingerprint density at radius 1 is 1.41 bits per heavy atom. The van der Waals surface area contributed by atoms with Crippen LogP contribution in [0.1, 0.15) is 12.5 Å². The van der Waals surface area contributed by atoms with E-state index in [9.17, 15) is 8.42 Å². The summed E-state index contributed by atoms with van der Waals surface area (Å²) >= 11 is 9.32. The predicted molar refractivity (Wildman–Crippen MR) is 73.9 cm³/mol. The zero-order chi connectivity index (χ0) is 12.9. The molecule has 1 rings (SSSR count). The number of hydrogen-bond acceptors (Lipinski definition) is 3. The Kier molecular flexibility index (Phi) is 5.76. The zero-order valence-corrected chi connectivity index (χ0v) is 12.6. The smallest absolute Gasteiger partial charge is 0.153 e. The largest absolute Gasteiger partial charge is 0.492 e. The molecule has 0 bridgehead atoms. The van der Waals surface area contributed by atoms with Gasteiger partial charge in [-0.2, -0.15) is 0 Å². The van der Waals surface area contributed by atoms with Gasteiger partial charge in [-0.25, -0.2) is 8.42 Å². The quantitative estimate of drug-likeness (QED) is 0.747. The summed E-state index contributed by atoms with van der Waals surface area (Å²) in [6, 6.07) is 5.33. The summed E-state index contributed by atoms with van der Waals surface area (Å²) < 4.78 is 28.0. The van der Waals surface area contributed by atoms with Gasteiger partial charge in [0.25, 0.3) is 0 Å². The normalized spacial score (nSPS) is 11.5. The minimum atomic E-state index is -2.99. The van der Waals surface area contributed by atoms with Crippen molar-refractivity contribution in [2.45, 2.75) is 12.3 Å². The van der Waals surface area contributed by atoms with Crippen LogP contribution in [-0.4, -0.2) is 26.5 Å². The fourth-order valence-electron chi connectivity index (χ4n) is 1.23. The average Bonchev–Trinajstić information content (AvgIpc) is 2.29. The Balaban J connectivity index is 2.67. The molecule has 0 amide bonds. The number of hydrogen-bond donors (Lipinski definition) is 0. The molecule has 0 spiro atoms. The molecule has 6 heteroatoms. The van der Waals surface area contributed by atoms with E-state index >= 15 is 0 Å². The van der Waals surface area contributed by atoms with E-state index in [0.29, 0.717) is 16.1 Å². The Labute approximate surface area is 115 Å². The molecule has 17 heavy (non-hydrogen) atoms. The van der Waals surface area contributed by atoms with Crippen molar-refractivity contribution in [3.8, 4) is 5.75 Å².